The van der Waals surface area contributed by atoms with Gasteiger partial charge >= 0.3 is 0 Å². The maximum Gasteiger partial charge on any atom is 0.179 e. The van der Waals surface area contributed by atoms with Crippen molar-refractivity contribution in [1.82, 2.24) is 0 Å². The van der Waals surface area contributed by atoms with E-state index in [-0.39, 0.29) is 6.04 Å². The van der Waals surface area contributed by atoms with Gasteiger partial charge in [0, 0.05) is 6.04 Å². The normalized spacial score (nSPS) is 13.8. The predicted octanol–water partition coefficient (Wildman–Crippen LogP) is 4.44. The number of hydrogen-bond acceptors (Lipinski definition) is 3. The minimum Gasteiger partial charge on any atom is -0.493 e. The van der Waals surface area contributed by atoms with Crippen molar-refractivity contribution >= 4 is 11.6 Å². The first-order chi connectivity index (χ1) is 10.0. The molecular formula is C17H28ClNO2. The van der Waals surface area contributed by atoms with Crippen LogP contribution in [0.25, 0.3) is 0 Å². The lowest BCUT2D eigenvalue weighted by molar-refractivity contribution is 0.240. The molecule has 1 rings (SSSR count). The van der Waals surface area contributed by atoms with Gasteiger partial charge in [-0.3, -0.25) is 0 Å². The number of benzene rings is 1. The predicted molar refractivity (Wildman–Crippen MR) is 89.5 cm³/mol. The number of methoxy groups -OCH3 is 1. The molecule has 0 amide bonds. The Bertz CT molecular complexity index is 437. The zero-order valence-corrected chi connectivity index (χ0v) is 14.4. The van der Waals surface area contributed by atoms with Crippen LogP contribution in [0.5, 0.6) is 11.5 Å². The Hall–Kier alpha value is -0.930. The van der Waals surface area contributed by atoms with Gasteiger partial charge in [0.05, 0.1) is 18.7 Å². The number of rotatable bonds is 9. The molecule has 0 aliphatic carbocycles. The van der Waals surface area contributed by atoms with Crippen LogP contribution in [-0.2, 0) is 6.42 Å². The van der Waals surface area contributed by atoms with Gasteiger partial charge in [0.2, 0.25) is 0 Å². The Morgan fingerprint density at radius 1 is 1.29 bits per heavy atom. The third-order valence-electron chi connectivity index (χ3n) is 3.61. The summed E-state index contributed by atoms with van der Waals surface area (Å²) in [5.41, 5.74) is 7.08. The van der Waals surface area contributed by atoms with Gasteiger partial charge in [-0.05, 0) is 42.9 Å². The van der Waals surface area contributed by atoms with E-state index in [0.717, 1.165) is 31.2 Å². The average molecular weight is 314 g/mol. The zero-order valence-electron chi connectivity index (χ0n) is 13.6. The van der Waals surface area contributed by atoms with Gasteiger partial charge in [-0.25, -0.2) is 0 Å². The number of halogens is 1. The number of nitrogens with two attached hydrogens (primary N) is 1. The van der Waals surface area contributed by atoms with E-state index in [2.05, 4.69) is 20.8 Å². The first kappa shape index (κ1) is 18.1. The molecule has 2 unspecified atom stereocenters. The molecule has 1 aromatic carbocycles. The van der Waals surface area contributed by atoms with E-state index < -0.39 is 0 Å². The van der Waals surface area contributed by atoms with Crippen LogP contribution < -0.4 is 15.2 Å². The summed E-state index contributed by atoms with van der Waals surface area (Å²) in [4.78, 5) is 0. The lowest BCUT2D eigenvalue weighted by atomic mass is 10.0. The fourth-order valence-corrected chi connectivity index (χ4v) is 2.57. The smallest absolute Gasteiger partial charge is 0.179 e. The van der Waals surface area contributed by atoms with Crippen LogP contribution in [-0.4, -0.2) is 19.8 Å². The molecule has 0 saturated carbocycles. The minimum absolute atomic E-state index is 0.141. The molecule has 0 aliphatic heterocycles. The van der Waals surface area contributed by atoms with Gasteiger partial charge in [0.15, 0.2) is 11.5 Å². The van der Waals surface area contributed by atoms with Crippen molar-refractivity contribution < 1.29 is 9.47 Å². The van der Waals surface area contributed by atoms with Gasteiger partial charge in [-0.2, -0.15) is 0 Å². The van der Waals surface area contributed by atoms with Gasteiger partial charge < -0.3 is 15.2 Å². The third-order valence-corrected chi connectivity index (χ3v) is 3.89. The van der Waals surface area contributed by atoms with Crippen molar-refractivity contribution in [3.05, 3.63) is 22.7 Å². The lowest BCUT2D eigenvalue weighted by Gasteiger charge is -2.17. The quantitative estimate of drug-likeness (QED) is 0.733. The highest BCUT2D eigenvalue weighted by Gasteiger charge is 2.14. The highest BCUT2D eigenvalue weighted by molar-refractivity contribution is 6.32. The molecule has 2 atom stereocenters. The number of hydrogen-bond donors (Lipinski definition) is 1. The molecule has 3 nitrogen and oxygen atoms in total. The molecule has 0 aliphatic rings. The summed E-state index contributed by atoms with van der Waals surface area (Å²) in [5.74, 6) is 1.82. The van der Waals surface area contributed by atoms with Crippen LogP contribution in [0, 0.1) is 5.92 Å². The van der Waals surface area contributed by atoms with Crippen LogP contribution in [0.3, 0.4) is 0 Å². The maximum atomic E-state index is 6.35. The first-order valence-electron chi connectivity index (χ1n) is 7.76. The average Bonchev–Trinajstić information content (AvgIpc) is 2.45. The molecule has 0 heterocycles. The fraction of sp³-hybridized carbons (Fsp3) is 0.647. The summed E-state index contributed by atoms with van der Waals surface area (Å²) in [5, 5.41) is 0.594. The van der Waals surface area contributed by atoms with Crippen LogP contribution in [0.1, 0.15) is 45.6 Å². The van der Waals surface area contributed by atoms with Crippen molar-refractivity contribution in [2.45, 2.75) is 52.5 Å². The summed E-state index contributed by atoms with van der Waals surface area (Å²) >= 11 is 6.35. The highest BCUT2D eigenvalue weighted by Crippen LogP contribution is 2.37. The molecule has 0 aromatic heterocycles. The van der Waals surface area contributed by atoms with E-state index in [1.165, 1.54) is 0 Å². The molecule has 0 radical (unpaired) electrons. The Labute approximate surface area is 133 Å². The summed E-state index contributed by atoms with van der Waals surface area (Å²) in [6.45, 7) is 7.09. The lowest BCUT2D eigenvalue weighted by Crippen LogP contribution is -2.21. The molecule has 0 spiro atoms. The molecule has 0 fully saturated rings. The van der Waals surface area contributed by atoms with E-state index in [9.17, 15) is 0 Å². The van der Waals surface area contributed by atoms with Gasteiger partial charge in [0.25, 0.3) is 0 Å². The van der Waals surface area contributed by atoms with Crippen molar-refractivity contribution in [3.63, 3.8) is 0 Å². The van der Waals surface area contributed by atoms with Crippen LogP contribution in [0.15, 0.2) is 12.1 Å². The molecule has 0 saturated heterocycles. The van der Waals surface area contributed by atoms with E-state index in [1.807, 2.05) is 12.1 Å². The Kier molecular flexibility index (Phi) is 7.91. The van der Waals surface area contributed by atoms with Gasteiger partial charge in [-0.1, -0.05) is 38.8 Å². The second-order valence-electron chi connectivity index (χ2n) is 5.69. The van der Waals surface area contributed by atoms with E-state index in [1.54, 1.807) is 7.11 Å². The Morgan fingerprint density at radius 3 is 2.57 bits per heavy atom. The van der Waals surface area contributed by atoms with Crippen molar-refractivity contribution in [2.24, 2.45) is 11.7 Å². The topological polar surface area (TPSA) is 44.5 Å². The summed E-state index contributed by atoms with van der Waals surface area (Å²) in [6, 6.07) is 4.04. The zero-order chi connectivity index (χ0) is 15.8. The summed E-state index contributed by atoms with van der Waals surface area (Å²) < 4.78 is 11.3. The van der Waals surface area contributed by atoms with E-state index in [4.69, 9.17) is 26.8 Å². The first-order valence-corrected chi connectivity index (χ1v) is 8.14. The largest absolute Gasteiger partial charge is 0.493 e. The monoisotopic (exact) mass is 313 g/mol. The van der Waals surface area contributed by atoms with E-state index >= 15 is 0 Å². The standard InChI is InChI=1S/C17H28ClNO2/c1-5-7-12(3)11-21-17-15(18)9-13(8-14(19)6-2)10-16(17)20-4/h9-10,12,14H,5-8,11,19H2,1-4H3. The molecule has 21 heavy (non-hydrogen) atoms. The van der Waals surface area contributed by atoms with Gasteiger partial charge in [0.1, 0.15) is 0 Å². The number of ether oxygens (including phenoxy) is 2. The summed E-state index contributed by atoms with van der Waals surface area (Å²) in [6.07, 6.45) is 4.03. The van der Waals surface area contributed by atoms with Crippen LogP contribution in [0.4, 0.5) is 0 Å². The molecule has 4 heteroatoms. The van der Waals surface area contributed by atoms with Gasteiger partial charge in [-0.15, -0.1) is 0 Å². The second kappa shape index (κ2) is 9.16. The van der Waals surface area contributed by atoms with Crippen molar-refractivity contribution in [3.8, 4) is 11.5 Å². The van der Waals surface area contributed by atoms with E-state index in [0.29, 0.717) is 29.0 Å². The summed E-state index contributed by atoms with van der Waals surface area (Å²) in [7, 11) is 1.64. The molecular weight excluding hydrogens is 286 g/mol. The molecule has 1 aromatic rings. The fourth-order valence-electron chi connectivity index (χ4n) is 2.28. The maximum absolute atomic E-state index is 6.35. The second-order valence-corrected chi connectivity index (χ2v) is 6.09. The van der Waals surface area contributed by atoms with Crippen molar-refractivity contribution in [1.29, 1.82) is 0 Å². The van der Waals surface area contributed by atoms with Crippen LogP contribution >= 0.6 is 11.6 Å². The Morgan fingerprint density at radius 2 is 2.00 bits per heavy atom. The minimum atomic E-state index is 0.141. The third kappa shape index (κ3) is 5.76. The van der Waals surface area contributed by atoms with Crippen molar-refractivity contribution in [2.75, 3.05) is 13.7 Å². The molecule has 120 valence electrons. The molecule has 2 N–H and O–H groups in total. The molecule has 0 bridgehead atoms. The van der Waals surface area contributed by atoms with Crippen LogP contribution in [0.2, 0.25) is 5.02 Å². The SMILES string of the molecule is CCCC(C)COc1c(Cl)cc(CC(N)CC)cc1OC. The Balaban J connectivity index is 2.84. The highest BCUT2D eigenvalue weighted by atomic mass is 35.5.